The van der Waals surface area contributed by atoms with Crippen molar-refractivity contribution < 1.29 is 13.2 Å². The molecule has 0 unspecified atom stereocenters. The van der Waals surface area contributed by atoms with Crippen LogP contribution < -0.4 is 0 Å². The van der Waals surface area contributed by atoms with E-state index in [1.165, 1.54) is 0 Å². The Labute approximate surface area is 104 Å². The number of sulfone groups is 1. The lowest BCUT2D eigenvalue weighted by atomic mass is 9.89. The fraction of sp³-hybridized carbons (Fsp3) is 0.917. The molecule has 1 fully saturated rings. The summed E-state index contributed by atoms with van der Waals surface area (Å²) in [7, 11) is -2.85. The molecule has 1 saturated heterocycles. The predicted molar refractivity (Wildman–Crippen MR) is 68.8 cm³/mol. The smallest absolute Gasteiger partial charge is 0.151 e. The van der Waals surface area contributed by atoms with Gasteiger partial charge in [0.15, 0.2) is 9.84 Å². The summed E-state index contributed by atoms with van der Waals surface area (Å²) in [6.45, 7) is 7.80. The minimum Gasteiger partial charge on any atom is -0.302 e. The van der Waals surface area contributed by atoms with Crippen molar-refractivity contribution in [2.75, 3.05) is 31.1 Å². The third kappa shape index (κ3) is 5.17. The molecule has 1 aliphatic heterocycles. The Morgan fingerprint density at radius 2 is 1.82 bits per heavy atom. The van der Waals surface area contributed by atoms with Gasteiger partial charge in [0.1, 0.15) is 5.78 Å². The van der Waals surface area contributed by atoms with Crippen LogP contribution >= 0.6 is 0 Å². The average molecular weight is 261 g/mol. The molecule has 0 amide bonds. The molecule has 0 spiro atoms. The van der Waals surface area contributed by atoms with E-state index in [9.17, 15) is 13.2 Å². The first kappa shape index (κ1) is 14.6. The van der Waals surface area contributed by atoms with E-state index in [1.54, 1.807) is 0 Å². The van der Waals surface area contributed by atoms with E-state index in [-0.39, 0.29) is 22.7 Å². The van der Waals surface area contributed by atoms with Crippen LogP contribution in [0.15, 0.2) is 0 Å². The summed E-state index contributed by atoms with van der Waals surface area (Å²) in [6, 6.07) is 0. The fourth-order valence-electron chi connectivity index (χ4n) is 1.85. The van der Waals surface area contributed by atoms with Crippen LogP contribution in [0, 0.1) is 5.41 Å². The topological polar surface area (TPSA) is 54.5 Å². The van der Waals surface area contributed by atoms with Crippen LogP contribution in [0.5, 0.6) is 0 Å². The lowest BCUT2D eigenvalue weighted by molar-refractivity contribution is -0.126. The van der Waals surface area contributed by atoms with E-state index >= 15 is 0 Å². The molecule has 1 aliphatic rings. The van der Waals surface area contributed by atoms with E-state index in [0.717, 1.165) is 6.54 Å². The van der Waals surface area contributed by atoms with Crippen molar-refractivity contribution in [2.45, 2.75) is 33.6 Å². The first-order valence-electron chi connectivity index (χ1n) is 6.17. The first-order valence-corrected chi connectivity index (χ1v) is 7.99. The van der Waals surface area contributed by atoms with Gasteiger partial charge in [-0.3, -0.25) is 4.79 Å². The molecule has 0 aliphatic carbocycles. The van der Waals surface area contributed by atoms with Crippen LogP contribution in [0.25, 0.3) is 0 Å². The molecule has 1 heterocycles. The maximum atomic E-state index is 11.8. The zero-order valence-electron chi connectivity index (χ0n) is 11.0. The van der Waals surface area contributed by atoms with Gasteiger partial charge < -0.3 is 4.90 Å². The van der Waals surface area contributed by atoms with Crippen molar-refractivity contribution in [3.05, 3.63) is 0 Å². The molecule has 0 atom stereocenters. The van der Waals surface area contributed by atoms with E-state index < -0.39 is 9.84 Å². The van der Waals surface area contributed by atoms with Gasteiger partial charge in [-0.05, 0) is 13.0 Å². The second kappa shape index (κ2) is 5.48. The van der Waals surface area contributed by atoms with E-state index in [4.69, 9.17) is 0 Å². The molecule has 0 saturated carbocycles. The Morgan fingerprint density at radius 1 is 1.18 bits per heavy atom. The highest BCUT2D eigenvalue weighted by molar-refractivity contribution is 7.91. The van der Waals surface area contributed by atoms with Crippen LogP contribution in [0.1, 0.15) is 33.6 Å². The number of ketones is 1. The third-order valence-corrected chi connectivity index (χ3v) is 4.86. The minimum atomic E-state index is -2.85. The molecule has 0 radical (unpaired) electrons. The maximum Gasteiger partial charge on any atom is 0.151 e. The van der Waals surface area contributed by atoms with Crippen LogP contribution in [0.2, 0.25) is 0 Å². The second-order valence-corrected chi connectivity index (χ2v) is 8.07. The number of hydrogen-bond donors (Lipinski definition) is 0. The number of nitrogens with zero attached hydrogens (tertiary/aromatic N) is 1. The van der Waals surface area contributed by atoms with E-state index in [1.807, 2.05) is 20.8 Å². The van der Waals surface area contributed by atoms with Crippen LogP contribution in [-0.4, -0.2) is 50.2 Å². The Bertz CT molecular complexity index is 368. The molecular weight excluding hydrogens is 238 g/mol. The summed E-state index contributed by atoms with van der Waals surface area (Å²) in [4.78, 5) is 13.9. The van der Waals surface area contributed by atoms with E-state index in [2.05, 4.69) is 4.90 Å². The number of hydrogen-bond acceptors (Lipinski definition) is 4. The number of carbonyl (C=O) groups is 1. The Morgan fingerprint density at radius 3 is 2.41 bits per heavy atom. The summed E-state index contributed by atoms with van der Waals surface area (Å²) in [5, 5.41) is 0. The zero-order valence-corrected chi connectivity index (χ0v) is 11.8. The molecule has 4 nitrogen and oxygen atoms in total. The molecule has 17 heavy (non-hydrogen) atoms. The van der Waals surface area contributed by atoms with Crippen molar-refractivity contribution in [3.8, 4) is 0 Å². The molecule has 0 N–H and O–H groups in total. The molecule has 0 bridgehead atoms. The number of Topliss-reactive ketones (excluding diaryl/α,β-unsaturated/α-hetero) is 1. The summed E-state index contributed by atoms with van der Waals surface area (Å²) in [6.07, 6.45) is 1.20. The molecular formula is C12H23NO3S. The monoisotopic (exact) mass is 261 g/mol. The summed E-state index contributed by atoms with van der Waals surface area (Å²) in [5.41, 5.74) is -0.294. The first-order chi connectivity index (χ1) is 7.71. The summed E-state index contributed by atoms with van der Waals surface area (Å²) < 4.78 is 22.8. The molecule has 100 valence electrons. The SMILES string of the molecule is CC(C)(C)C(=O)CCN1CCCS(=O)(=O)CC1. The van der Waals surface area contributed by atoms with Gasteiger partial charge in [0.2, 0.25) is 0 Å². The normalized spacial score (nSPS) is 22.1. The minimum absolute atomic E-state index is 0.233. The molecule has 0 aromatic heterocycles. The standard InChI is InChI=1S/C12H23NO3S/c1-12(2,3)11(14)5-7-13-6-4-9-17(15,16)10-8-13/h4-10H2,1-3H3. The highest BCUT2D eigenvalue weighted by Crippen LogP contribution is 2.17. The van der Waals surface area contributed by atoms with E-state index in [0.29, 0.717) is 25.9 Å². The number of carbonyl (C=O) groups excluding carboxylic acids is 1. The van der Waals surface area contributed by atoms with Crippen LogP contribution in [0.4, 0.5) is 0 Å². The second-order valence-electron chi connectivity index (χ2n) is 5.77. The average Bonchev–Trinajstić information content (AvgIpc) is 2.34. The zero-order chi connectivity index (χ0) is 13.1. The van der Waals surface area contributed by atoms with Crippen molar-refractivity contribution in [2.24, 2.45) is 5.41 Å². The van der Waals surface area contributed by atoms with Crippen LogP contribution in [0.3, 0.4) is 0 Å². The lowest BCUT2D eigenvalue weighted by Gasteiger charge is -2.22. The summed E-state index contributed by atoms with van der Waals surface area (Å²) in [5.74, 6) is 0.762. The van der Waals surface area contributed by atoms with Gasteiger partial charge in [0.25, 0.3) is 0 Å². The van der Waals surface area contributed by atoms with Crippen molar-refractivity contribution >= 4 is 15.6 Å². The Hall–Kier alpha value is -0.420. The van der Waals surface area contributed by atoms with Crippen molar-refractivity contribution in [3.63, 3.8) is 0 Å². The number of rotatable bonds is 3. The van der Waals surface area contributed by atoms with Crippen molar-refractivity contribution in [1.82, 2.24) is 4.90 Å². The molecule has 0 aromatic rings. The van der Waals surface area contributed by atoms with Crippen LogP contribution in [-0.2, 0) is 14.6 Å². The van der Waals surface area contributed by atoms with Gasteiger partial charge in [-0.25, -0.2) is 8.42 Å². The predicted octanol–water partition coefficient (Wildman–Crippen LogP) is 1.11. The van der Waals surface area contributed by atoms with Gasteiger partial charge >= 0.3 is 0 Å². The van der Waals surface area contributed by atoms with Gasteiger partial charge in [-0.15, -0.1) is 0 Å². The highest BCUT2D eigenvalue weighted by Gasteiger charge is 2.23. The van der Waals surface area contributed by atoms with Gasteiger partial charge in [0.05, 0.1) is 11.5 Å². The van der Waals surface area contributed by atoms with Crippen molar-refractivity contribution in [1.29, 1.82) is 0 Å². The Kier molecular flexibility index (Phi) is 4.72. The molecule has 0 aromatic carbocycles. The lowest BCUT2D eigenvalue weighted by Crippen LogP contribution is -2.31. The molecule has 1 rings (SSSR count). The van der Waals surface area contributed by atoms with Gasteiger partial charge in [-0.2, -0.15) is 0 Å². The maximum absolute atomic E-state index is 11.8. The third-order valence-electron chi connectivity index (χ3n) is 3.14. The Balaban J connectivity index is 2.41. The fourth-order valence-corrected chi connectivity index (χ4v) is 3.16. The quantitative estimate of drug-likeness (QED) is 0.764. The van der Waals surface area contributed by atoms with Gasteiger partial charge in [-0.1, -0.05) is 20.8 Å². The van der Waals surface area contributed by atoms with Gasteiger partial charge in [0, 0.05) is 24.9 Å². The largest absolute Gasteiger partial charge is 0.302 e. The summed E-state index contributed by atoms with van der Waals surface area (Å²) >= 11 is 0. The highest BCUT2D eigenvalue weighted by atomic mass is 32.2. The molecule has 5 heteroatoms.